The average Bonchev–Trinajstić information content (AvgIpc) is 2.33. The molecule has 3 nitrogen and oxygen atoms in total. The maximum Gasteiger partial charge on any atom is 0.251 e. The van der Waals surface area contributed by atoms with Crippen LogP contribution in [-0.4, -0.2) is 31.0 Å². The van der Waals surface area contributed by atoms with Crippen LogP contribution in [0.4, 0.5) is 0 Å². The van der Waals surface area contributed by atoms with Crippen molar-refractivity contribution in [2.24, 2.45) is 0 Å². The maximum absolute atomic E-state index is 12.0. The highest BCUT2D eigenvalue weighted by atomic mass is 79.9. The van der Waals surface area contributed by atoms with Gasteiger partial charge >= 0.3 is 0 Å². The van der Waals surface area contributed by atoms with Crippen molar-refractivity contribution in [2.75, 3.05) is 25.1 Å². The molecule has 0 bridgehead atoms. The van der Waals surface area contributed by atoms with E-state index in [1.54, 1.807) is 0 Å². The predicted octanol–water partition coefficient (Wildman–Crippen LogP) is 2.83. The van der Waals surface area contributed by atoms with Crippen LogP contribution in [0.5, 0.6) is 0 Å². The molecule has 0 spiro atoms. The second-order valence-corrected chi connectivity index (χ2v) is 4.97. The summed E-state index contributed by atoms with van der Waals surface area (Å²) in [4.78, 5) is 12.0. The second-order valence-electron chi connectivity index (χ2n) is 4.18. The Bertz CT molecular complexity index is 373. The van der Waals surface area contributed by atoms with E-state index in [1.807, 2.05) is 32.0 Å². The molecule has 100 valence electrons. The minimum atomic E-state index is 0.00564. The van der Waals surface area contributed by atoms with Gasteiger partial charge in [0.25, 0.3) is 5.91 Å². The topological polar surface area (TPSA) is 38.3 Å². The lowest BCUT2D eigenvalue weighted by atomic mass is 10.0. The third kappa shape index (κ3) is 4.78. The Morgan fingerprint density at radius 1 is 1.28 bits per heavy atom. The number of carbonyl (C=O) groups is 1. The van der Waals surface area contributed by atoms with Crippen LogP contribution in [0, 0.1) is 13.8 Å². The molecule has 0 saturated carbocycles. The van der Waals surface area contributed by atoms with Gasteiger partial charge in [-0.2, -0.15) is 0 Å². The van der Waals surface area contributed by atoms with E-state index >= 15 is 0 Å². The lowest BCUT2D eigenvalue weighted by Gasteiger charge is -2.10. The average molecular weight is 314 g/mol. The molecule has 0 aromatic heterocycles. The predicted molar refractivity (Wildman–Crippen MR) is 77.5 cm³/mol. The summed E-state index contributed by atoms with van der Waals surface area (Å²) >= 11 is 3.29. The van der Waals surface area contributed by atoms with Crippen LogP contribution in [-0.2, 0) is 4.74 Å². The minimum Gasteiger partial charge on any atom is -0.381 e. The summed E-state index contributed by atoms with van der Waals surface area (Å²) in [6, 6.07) is 5.89. The summed E-state index contributed by atoms with van der Waals surface area (Å²) in [7, 11) is 0. The zero-order valence-corrected chi connectivity index (χ0v) is 12.5. The van der Waals surface area contributed by atoms with E-state index in [1.165, 1.54) is 0 Å². The van der Waals surface area contributed by atoms with Gasteiger partial charge in [0.2, 0.25) is 0 Å². The molecule has 1 aromatic carbocycles. The molecule has 18 heavy (non-hydrogen) atoms. The fraction of sp³-hybridized carbons (Fsp3) is 0.500. The molecule has 1 amide bonds. The van der Waals surface area contributed by atoms with Crippen molar-refractivity contribution in [3.05, 3.63) is 34.9 Å². The standard InChI is InChI=1S/C14H20BrNO2/c1-11-5-3-6-12(2)13(11)14(17)16-8-4-9-18-10-7-15/h3,5-6H,4,7-10H2,1-2H3,(H,16,17). The molecule has 0 fully saturated rings. The minimum absolute atomic E-state index is 0.00564. The zero-order valence-electron chi connectivity index (χ0n) is 11.0. The monoisotopic (exact) mass is 313 g/mol. The van der Waals surface area contributed by atoms with Gasteiger partial charge in [-0.3, -0.25) is 4.79 Å². The molecule has 1 N–H and O–H groups in total. The first-order valence-electron chi connectivity index (χ1n) is 6.15. The number of hydrogen-bond acceptors (Lipinski definition) is 2. The largest absolute Gasteiger partial charge is 0.381 e. The SMILES string of the molecule is Cc1cccc(C)c1C(=O)NCCCOCCBr. The van der Waals surface area contributed by atoms with Crippen molar-refractivity contribution in [3.63, 3.8) is 0 Å². The molecule has 0 aliphatic carbocycles. The summed E-state index contributed by atoms with van der Waals surface area (Å²) in [6.45, 7) is 5.96. The molecule has 1 rings (SSSR count). The Hall–Kier alpha value is -0.870. The van der Waals surface area contributed by atoms with Crippen LogP contribution in [0.3, 0.4) is 0 Å². The Labute approximate surface area is 117 Å². The molecule has 0 unspecified atom stereocenters. The molecule has 0 atom stereocenters. The van der Waals surface area contributed by atoms with Crippen molar-refractivity contribution >= 4 is 21.8 Å². The Balaban J connectivity index is 2.37. The third-order valence-electron chi connectivity index (χ3n) is 2.68. The lowest BCUT2D eigenvalue weighted by molar-refractivity contribution is 0.0943. The fourth-order valence-electron chi connectivity index (χ4n) is 1.79. The van der Waals surface area contributed by atoms with Crippen LogP contribution in [0.15, 0.2) is 18.2 Å². The van der Waals surface area contributed by atoms with Crippen molar-refractivity contribution in [2.45, 2.75) is 20.3 Å². The van der Waals surface area contributed by atoms with Crippen LogP contribution in [0.1, 0.15) is 27.9 Å². The number of ether oxygens (including phenoxy) is 1. The van der Waals surface area contributed by atoms with Crippen molar-refractivity contribution in [1.29, 1.82) is 0 Å². The van der Waals surface area contributed by atoms with Gasteiger partial charge in [0, 0.05) is 24.0 Å². The van der Waals surface area contributed by atoms with Gasteiger partial charge in [0.15, 0.2) is 0 Å². The molecule has 0 aliphatic heterocycles. The first-order chi connectivity index (χ1) is 8.66. The van der Waals surface area contributed by atoms with Gasteiger partial charge in [-0.25, -0.2) is 0 Å². The first kappa shape index (κ1) is 15.2. The highest BCUT2D eigenvalue weighted by molar-refractivity contribution is 9.09. The van der Waals surface area contributed by atoms with Gasteiger partial charge in [0.05, 0.1) is 6.61 Å². The van der Waals surface area contributed by atoms with E-state index in [-0.39, 0.29) is 5.91 Å². The number of benzene rings is 1. The first-order valence-corrected chi connectivity index (χ1v) is 7.27. The van der Waals surface area contributed by atoms with Crippen LogP contribution >= 0.6 is 15.9 Å². The summed E-state index contributed by atoms with van der Waals surface area (Å²) in [5.41, 5.74) is 2.82. The molecule has 4 heteroatoms. The fourth-order valence-corrected chi connectivity index (χ4v) is 2.02. The van der Waals surface area contributed by atoms with E-state index in [4.69, 9.17) is 4.74 Å². The second kappa shape index (κ2) is 8.27. The number of halogens is 1. The van der Waals surface area contributed by atoms with Gasteiger partial charge in [-0.1, -0.05) is 34.1 Å². The van der Waals surface area contributed by atoms with Crippen LogP contribution < -0.4 is 5.32 Å². The normalized spacial score (nSPS) is 10.4. The zero-order chi connectivity index (χ0) is 13.4. The van der Waals surface area contributed by atoms with Crippen molar-refractivity contribution in [1.82, 2.24) is 5.32 Å². The number of carbonyl (C=O) groups excluding carboxylic acids is 1. The molecular weight excluding hydrogens is 294 g/mol. The number of hydrogen-bond donors (Lipinski definition) is 1. The molecular formula is C14H20BrNO2. The lowest BCUT2D eigenvalue weighted by Crippen LogP contribution is -2.26. The number of alkyl halides is 1. The number of amides is 1. The highest BCUT2D eigenvalue weighted by Crippen LogP contribution is 2.12. The Morgan fingerprint density at radius 2 is 1.94 bits per heavy atom. The highest BCUT2D eigenvalue weighted by Gasteiger charge is 2.10. The van der Waals surface area contributed by atoms with Crippen molar-refractivity contribution < 1.29 is 9.53 Å². The Kier molecular flexibility index (Phi) is 6.98. The number of nitrogens with one attached hydrogen (secondary N) is 1. The molecule has 0 heterocycles. The number of aryl methyl sites for hydroxylation is 2. The van der Waals surface area contributed by atoms with Crippen molar-refractivity contribution in [3.8, 4) is 0 Å². The molecule has 0 aliphatic rings. The third-order valence-corrected chi connectivity index (χ3v) is 3.00. The van der Waals surface area contributed by atoms with E-state index in [0.29, 0.717) is 19.8 Å². The quantitative estimate of drug-likeness (QED) is 0.621. The van der Waals surface area contributed by atoms with Gasteiger partial charge in [0.1, 0.15) is 0 Å². The van der Waals surface area contributed by atoms with E-state index < -0.39 is 0 Å². The van der Waals surface area contributed by atoms with Gasteiger partial charge in [-0.15, -0.1) is 0 Å². The maximum atomic E-state index is 12.0. The molecule has 1 aromatic rings. The van der Waals surface area contributed by atoms with Gasteiger partial charge in [-0.05, 0) is 31.4 Å². The number of rotatable bonds is 7. The molecule has 0 saturated heterocycles. The van der Waals surface area contributed by atoms with E-state index in [9.17, 15) is 4.79 Å². The van der Waals surface area contributed by atoms with Gasteiger partial charge < -0.3 is 10.1 Å². The smallest absolute Gasteiger partial charge is 0.251 e. The van der Waals surface area contributed by atoms with E-state index in [2.05, 4.69) is 21.2 Å². The van der Waals surface area contributed by atoms with Crippen LogP contribution in [0.2, 0.25) is 0 Å². The summed E-state index contributed by atoms with van der Waals surface area (Å²) in [5, 5.41) is 3.78. The van der Waals surface area contributed by atoms with Crippen LogP contribution in [0.25, 0.3) is 0 Å². The summed E-state index contributed by atoms with van der Waals surface area (Å²) in [6.07, 6.45) is 0.837. The summed E-state index contributed by atoms with van der Waals surface area (Å²) in [5.74, 6) is 0.00564. The summed E-state index contributed by atoms with van der Waals surface area (Å²) < 4.78 is 5.32. The molecule has 0 radical (unpaired) electrons. The van der Waals surface area contributed by atoms with E-state index in [0.717, 1.165) is 28.4 Å². The Morgan fingerprint density at radius 3 is 2.56 bits per heavy atom.